The first-order valence-corrected chi connectivity index (χ1v) is 7.18. The summed E-state index contributed by atoms with van der Waals surface area (Å²) in [6, 6.07) is 8.85. The van der Waals surface area contributed by atoms with Gasteiger partial charge in [0.05, 0.1) is 4.47 Å². The molecular weight excluding hydrogens is 350 g/mol. The number of nitrogens with two attached hydrogens (primary N) is 1. The molecule has 2 aromatic rings. The first-order chi connectivity index (χ1) is 10.6. The fourth-order valence-corrected chi connectivity index (χ4v) is 2.17. The summed E-state index contributed by atoms with van der Waals surface area (Å²) >= 11 is 3.36. The van der Waals surface area contributed by atoms with Gasteiger partial charge in [-0.05, 0) is 52.7 Å². The van der Waals surface area contributed by atoms with E-state index in [9.17, 15) is 4.79 Å². The molecule has 0 saturated carbocycles. The van der Waals surface area contributed by atoms with Gasteiger partial charge in [-0.15, -0.1) is 0 Å². The molecule has 0 aliphatic carbocycles. The number of benzene rings is 1. The maximum absolute atomic E-state index is 11.6. The van der Waals surface area contributed by atoms with Gasteiger partial charge in [0.15, 0.2) is 12.4 Å². The lowest BCUT2D eigenvalue weighted by Gasteiger charge is -2.07. The molecule has 0 aliphatic heterocycles. The fourth-order valence-electron chi connectivity index (χ4n) is 1.56. The van der Waals surface area contributed by atoms with Crippen LogP contribution >= 0.6 is 15.9 Å². The number of hydrogen-bond donors (Lipinski definition) is 1. The Morgan fingerprint density at radius 1 is 1.32 bits per heavy atom. The number of pyridine rings is 1. The predicted octanol–water partition coefficient (Wildman–Crippen LogP) is 2.40. The van der Waals surface area contributed by atoms with Crippen LogP contribution in [0, 0.1) is 6.92 Å². The van der Waals surface area contributed by atoms with E-state index in [1.165, 1.54) is 0 Å². The van der Waals surface area contributed by atoms with Crippen LogP contribution in [0.2, 0.25) is 0 Å². The third kappa shape index (κ3) is 4.56. The molecule has 0 aliphatic rings. The van der Waals surface area contributed by atoms with E-state index in [-0.39, 0.29) is 12.4 Å². The topological polar surface area (TPSA) is 86.8 Å². The van der Waals surface area contributed by atoms with Crippen molar-refractivity contribution in [2.75, 3.05) is 6.61 Å². The SMILES string of the molecule is Cc1ccc(OCC(=O)O/N=C(\N)c2ccncc2)c(Br)c1. The number of halogens is 1. The fraction of sp³-hybridized carbons (Fsp3) is 0.133. The number of aryl methyl sites for hydroxylation is 1. The van der Waals surface area contributed by atoms with Crippen LogP contribution in [0.25, 0.3) is 0 Å². The molecule has 0 fully saturated rings. The van der Waals surface area contributed by atoms with Crippen molar-refractivity contribution < 1.29 is 14.4 Å². The highest BCUT2D eigenvalue weighted by Crippen LogP contribution is 2.25. The van der Waals surface area contributed by atoms with Crippen LogP contribution in [0.5, 0.6) is 5.75 Å². The Kier molecular flexibility index (Phi) is 5.48. The number of carbonyl (C=O) groups is 1. The lowest BCUT2D eigenvalue weighted by atomic mass is 10.2. The smallest absolute Gasteiger partial charge is 0.372 e. The van der Waals surface area contributed by atoms with Crippen LogP contribution < -0.4 is 10.5 Å². The molecule has 0 amide bonds. The second kappa shape index (κ2) is 7.56. The van der Waals surface area contributed by atoms with Crippen molar-refractivity contribution in [3.63, 3.8) is 0 Å². The number of ether oxygens (including phenoxy) is 1. The monoisotopic (exact) mass is 363 g/mol. The summed E-state index contributed by atoms with van der Waals surface area (Å²) in [7, 11) is 0. The molecule has 1 aromatic heterocycles. The number of aromatic nitrogens is 1. The Balaban J connectivity index is 1.88. The molecule has 0 radical (unpaired) electrons. The van der Waals surface area contributed by atoms with Crippen LogP contribution in [0.4, 0.5) is 0 Å². The number of amidine groups is 1. The molecular formula is C15H14BrN3O3. The first kappa shape index (κ1) is 16.0. The first-order valence-electron chi connectivity index (χ1n) is 6.39. The number of hydrogen-bond acceptors (Lipinski definition) is 5. The van der Waals surface area contributed by atoms with Crippen LogP contribution in [0.1, 0.15) is 11.1 Å². The van der Waals surface area contributed by atoms with Gasteiger partial charge in [-0.1, -0.05) is 11.2 Å². The Morgan fingerprint density at radius 2 is 2.05 bits per heavy atom. The zero-order valence-electron chi connectivity index (χ0n) is 11.8. The van der Waals surface area contributed by atoms with Gasteiger partial charge in [-0.3, -0.25) is 4.98 Å². The normalized spacial score (nSPS) is 11.1. The quantitative estimate of drug-likeness (QED) is 0.381. The summed E-state index contributed by atoms with van der Waals surface area (Å²) in [6.07, 6.45) is 3.13. The van der Waals surface area contributed by atoms with Gasteiger partial charge in [0.2, 0.25) is 0 Å². The third-order valence-electron chi connectivity index (χ3n) is 2.65. The zero-order valence-corrected chi connectivity index (χ0v) is 13.4. The van der Waals surface area contributed by atoms with Gasteiger partial charge in [0.1, 0.15) is 5.75 Å². The van der Waals surface area contributed by atoms with Crippen molar-refractivity contribution >= 4 is 27.7 Å². The molecule has 1 aromatic carbocycles. The van der Waals surface area contributed by atoms with E-state index in [1.54, 1.807) is 30.6 Å². The van der Waals surface area contributed by atoms with Crippen molar-refractivity contribution in [2.45, 2.75) is 6.92 Å². The van der Waals surface area contributed by atoms with Gasteiger partial charge < -0.3 is 15.3 Å². The second-order valence-electron chi connectivity index (χ2n) is 4.40. The van der Waals surface area contributed by atoms with Crippen molar-refractivity contribution in [1.82, 2.24) is 4.98 Å². The number of oxime groups is 1. The van der Waals surface area contributed by atoms with Crippen LogP contribution in [0.3, 0.4) is 0 Å². The maximum atomic E-state index is 11.6. The second-order valence-corrected chi connectivity index (χ2v) is 5.25. The minimum absolute atomic E-state index is 0.0901. The zero-order chi connectivity index (χ0) is 15.9. The van der Waals surface area contributed by atoms with E-state index in [2.05, 4.69) is 26.1 Å². The summed E-state index contributed by atoms with van der Waals surface area (Å²) in [5.74, 6) is -0.00890. The van der Waals surface area contributed by atoms with Gasteiger partial charge >= 0.3 is 5.97 Å². The highest BCUT2D eigenvalue weighted by Gasteiger charge is 2.08. The summed E-state index contributed by atoms with van der Waals surface area (Å²) < 4.78 is 6.11. The van der Waals surface area contributed by atoms with Crippen LogP contribution in [-0.4, -0.2) is 23.4 Å². The van der Waals surface area contributed by atoms with Crippen LogP contribution in [-0.2, 0) is 9.63 Å². The molecule has 0 spiro atoms. The average Bonchev–Trinajstić information content (AvgIpc) is 2.52. The molecule has 22 heavy (non-hydrogen) atoms. The molecule has 2 rings (SSSR count). The standard InChI is InChI=1S/C15H14BrN3O3/c1-10-2-3-13(12(16)8-10)21-9-14(20)22-19-15(17)11-4-6-18-7-5-11/h2-8H,9H2,1H3,(H2,17,19). The highest BCUT2D eigenvalue weighted by molar-refractivity contribution is 9.10. The summed E-state index contributed by atoms with van der Waals surface area (Å²) in [5.41, 5.74) is 7.38. The average molecular weight is 364 g/mol. The molecule has 114 valence electrons. The van der Waals surface area contributed by atoms with E-state index in [0.717, 1.165) is 10.0 Å². The molecule has 0 bridgehead atoms. The van der Waals surface area contributed by atoms with Crippen molar-refractivity contribution in [1.29, 1.82) is 0 Å². The number of carbonyl (C=O) groups excluding carboxylic acids is 1. The largest absolute Gasteiger partial charge is 0.481 e. The van der Waals surface area contributed by atoms with E-state index >= 15 is 0 Å². The van der Waals surface area contributed by atoms with Crippen molar-refractivity contribution in [2.24, 2.45) is 10.9 Å². The predicted molar refractivity (Wildman–Crippen MR) is 85.4 cm³/mol. The van der Waals surface area contributed by atoms with E-state index in [0.29, 0.717) is 11.3 Å². The lowest BCUT2D eigenvalue weighted by molar-refractivity contribution is -0.146. The van der Waals surface area contributed by atoms with Crippen molar-refractivity contribution in [3.05, 3.63) is 58.3 Å². The van der Waals surface area contributed by atoms with Gasteiger partial charge in [-0.2, -0.15) is 0 Å². The van der Waals surface area contributed by atoms with Crippen molar-refractivity contribution in [3.8, 4) is 5.75 Å². The Bertz CT molecular complexity index is 690. The lowest BCUT2D eigenvalue weighted by Crippen LogP contribution is -2.18. The minimum atomic E-state index is -0.649. The summed E-state index contributed by atoms with van der Waals surface area (Å²) in [4.78, 5) is 20.2. The van der Waals surface area contributed by atoms with E-state index in [4.69, 9.17) is 15.3 Å². The molecule has 0 atom stereocenters. The molecule has 6 nitrogen and oxygen atoms in total. The Labute approximate surface area is 136 Å². The molecule has 1 heterocycles. The maximum Gasteiger partial charge on any atom is 0.372 e. The Hall–Kier alpha value is -2.41. The minimum Gasteiger partial charge on any atom is -0.481 e. The van der Waals surface area contributed by atoms with Gasteiger partial charge in [0.25, 0.3) is 0 Å². The molecule has 0 unspecified atom stereocenters. The van der Waals surface area contributed by atoms with E-state index in [1.807, 2.05) is 19.1 Å². The highest BCUT2D eigenvalue weighted by atomic mass is 79.9. The Morgan fingerprint density at radius 3 is 2.73 bits per heavy atom. The summed E-state index contributed by atoms with van der Waals surface area (Å²) in [5, 5.41) is 3.57. The van der Waals surface area contributed by atoms with Gasteiger partial charge in [0, 0.05) is 18.0 Å². The third-order valence-corrected chi connectivity index (χ3v) is 3.27. The number of nitrogens with zero attached hydrogens (tertiary/aromatic N) is 2. The summed E-state index contributed by atoms with van der Waals surface area (Å²) in [6.45, 7) is 1.69. The number of rotatable bonds is 5. The molecule has 0 saturated heterocycles. The van der Waals surface area contributed by atoms with E-state index < -0.39 is 5.97 Å². The van der Waals surface area contributed by atoms with Crippen LogP contribution in [0.15, 0.2) is 52.4 Å². The molecule has 2 N–H and O–H groups in total. The molecule has 7 heteroatoms. The van der Waals surface area contributed by atoms with Gasteiger partial charge in [-0.25, -0.2) is 4.79 Å².